The van der Waals surface area contributed by atoms with Crippen molar-refractivity contribution in [2.75, 3.05) is 11.9 Å². The first-order valence-corrected chi connectivity index (χ1v) is 4.21. The Bertz CT molecular complexity index is 291. The van der Waals surface area contributed by atoms with Crippen LogP contribution in [0.15, 0.2) is 17.2 Å². The van der Waals surface area contributed by atoms with Crippen LogP contribution in [0.25, 0.3) is 0 Å². The monoisotopic (exact) mass is 181 g/mol. The van der Waals surface area contributed by atoms with Crippen LogP contribution in [0.4, 0.5) is 6.01 Å². The summed E-state index contributed by atoms with van der Waals surface area (Å²) in [6.07, 6.45) is 1.89. The van der Waals surface area contributed by atoms with Crippen molar-refractivity contribution in [1.29, 1.82) is 0 Å². The van der Waals surface area contributed by atoms with Crippen LogP contribution in [0.2, 0.25) is 0 Å². The third-order valence-electron chi connectivity index (χ3n) is 1.78. The van der Waals surface area contributed by atoms with Crippen LogP contribution >= 0.6 is 0 Å². The molecule has 1 N–H and O–H groups in total. The van der Waals surface area contributed by atoms with E-state index in [2.05, 4.69) is 35.9 Å². The van der Waals surface area contributed by atoms with Crippen LogP contribution in [0.5, 0.6) is 0 Å². The summed E-state index contributed by atoms with van der Waals surface area (Å²) in [7, 11) is 0. The average Bonchev–Trinajstić information content (AvgIpc) is 2.48. The molecule has 13 heavy (non-hydrogen) atoms. The maximum absolute atomic E-state index is 4.90. The highest BCUT2D eigenvalue weighted by Gasteiger charge is 2.13. The van der Waals surface area contributed by atoms with Gasteiger partial charge in [-0.2, -0.15) is 4.98 Å². The van der Waals surface area contributed by atoms with Crippen LogP contribution < -0.4 is 5.32 Å². The molecule has 4 nitrogen and oxygen atoms in total. The normalized spacial score (nSPS) is 11.3. The van der Waals surface area contributed by atoms with Gasteiger partial charge in [-0.3, -0.25) is 0 Å². The predicted octanol–water partition coefficient (Wildman–Crippen LogP) is 2.00. The van der Waals surface area contributed by atoms with Crippen LogP contribution in [0.1, 0.15) is 19.7 Å². The van der Waals surface area contributed by atoms with Crippen molar-refractivity contribution in [3.05, 3.63) is 18.5 Å². The number of anilines is 1. The van der Waals surface area contributed by atoms with E-state index < -0.39 is 0 Å². The van der Waals surface area contributed by atoms with Crippen molar-refractivity contribution >= 4 is 6.01 Å². The highest BCUT2D eigenvalue weighted by atomic mass is 16.5. The lowest BCUT2D eigenvalue weighted by atomic mass is 9.94. The number of rotatable bonds is 4. The van der Waals surface area contributed by atoms with Crippen LogP contribution in [-0.4, -0.2) is 16.7 Å². The Morgan fingerprint density at radius 3 is 2.77 bits per heavy atom. The zero-order valence-corrected chi connectivity index (χ0v) is 8.29. The number of aryl methyl sites for hydroxylation is 1. The lowest BCUT2D eigenvalue weighted by Crippen LogP contribution is -2.20. The molecule has 1 rings (SSSR count). The summed E-state index contributed by atoms with van der Waals surface area (Å²) in [5, 5.41) is 6.71. The molecule has 0 unspecified atom stereocenters. The van der Waals surface area contributed by atoms with Gasteiger partial charge in [-0.25, -0.2) is 0 Å². The zero-order valence-electron chi connectivity index (χ0n) is 8.29. The summed E-state index contributed by atoms with van der Waals surface area (Å²) in [6, 6.07) is 0.465. The van der Waals surface area contributed by atoms with E-state index >= 15 is 0 Å². The molecule has 0 aromatic carbocycles. The molecular formula is C9H15N3O. The van der Waals surface area contributed by atoms with Gasteiger partial charge in [0.2, 0.25) is 0 Å². The van der Waals surface area contributed by atoms with Gasteiger partial charge in [-0.15, -0.1) is 6.58 Å². The third-order valence-corrected chi connectivity index (χ3v) is 1.78. The first-order valence-electron chi connectivity index (χ1n) is 4.21. The quantitative estimate of drug-likeness (QED) is 0.722. The smallest absolute Gasteiger partial charge is 0.321 e. The second-order valence-electron chi connectivity index (χ2n) is 3.69. The maximum Gasteiger partial charge on any atom is 0.321 e. The summed E-state index contributed by atoms with van der Waals surface area (Å²) in [4.78, 5) is 4.02. The minimum absolute atomic E-state index is 0.0301. The molecular weight excluding hydrogens is 166 g/mol. The topological polar surface area (TPSA) is 51.0 Å². The lowest BCUT2D eigenvalue weighted by Gasteiger charge is -2.18. The van der Waals surface area contributed by atoms with Gasteiger partial charge in [-0.05, 0) is 12.3 Å². The van der Waals surface area contributed by atoms with Crippen molar-refractivity contribution in [1.82, 2.24) is 10.1 Å². The maximum atomic E-state index is 4.90. The Hall–Kier alpha value is -1.32. The fraction of sp³-hybridized carbons (Fsp3) is 0.556. The molecule has 1 aromatic rings. The molecule has 0 spiro atoms. The molecule has 1 aromatic heterocycles. The molecule has 0 fully saturated rings. The van der Waals surface area contributed by atoms with E-state index in [4.69, 9.17) is 4.52 Å². The summed E-state index contributed by atoms with van der Waals surface area (Å²) < 4.78 is 4.90. The largest absolute Gasteiger partial charge is 0.337 e. The number of nitrogens with one attached hydrogen (secondary N) is 1. The van der Waals surface area contributed by atoms with Crippen LogP contribution in [-0.2, 0) is 0 Å². The minimum Gasteiger partial charge on any atom is -0.337 e. The second-order valence-corrected chi connectivity index (χ2v) is 3.69. The van der Waals surface area contributed by atoms with E-state index in [0.29, 0.717) is 11.8 Å². The molecule has 4 heteroatoms. The fourth-order valence-corrected chi connectivity index (χ4v) is 0.744. The summed E-state index contributed by atoms with van der Waals surface area (Å²) in [6.45, 7) is 10.4. The highest BCUT2D eigenvalue weighted by Crippen LogP contribution is 2.16. The molecule has 1 heterocycles. The molecule has 0 bridgehead atoms. The molecule has 0 amide bonds. The van der Waals surface area contributed by atoms with Crippen molar-refractivity contribution < 1.29 is 4.52 Å². The Labute approximate surface area is 78.0 Å². The van der Waals surface area contributed by atoms with E-state index in [1.165, 1.54) is 0 Å². The number of hydrogen-bond acceptors (Lipinski definition) is 4. The highest BCUT2D eigenvalue weighted by molar-refractivity contribution is 5.19. The van der Waals surface area contributed by atoms with Gasteiger partial charge >= 0.3 is 6.01 Å². The molecule has 0 aliphatic carbocycles. The second kappa shape index (κ2) is 3.60. The SMILES string of the molecule is C=CC(C)(C)CNc1nc(C)no1. The Balaban J connectivity index is 2.48. The van der Waals surface area contributed by atoms with Crippen LogP contribution in [0.3, 0.4) is 0 Å². The van der Waals surface area contributed by atoms with Gasteiger partial charge in [-0.1, -0.05) is 25.1 Å². The van der Waals surface area contributed by atoms with Crippen molar-refractivity contribution in [2.45, 2.75) is 20.8 Å². The molecule has 0 saturated heterocycles. The molecule has 0 aliphatic rings. The molecule has 0 saturated carbocycles. The molecule has 0 atom stereocenters. The summed E-state index contributed by atoms with van der Waals surface area (Å²) in [5.41, 5.74) is 0.0301. The van der Waals surface area contributed by atoms with Crippen molar-refractivity contribution in [3.63, 3.8) is 0 Å². The number of aromatic nitrogens is 2. The van der Waals surface area contributed by atoms with E-state index in [9.17, 15) is 0 Å². The molecule has 0 radical (unpaired) electrons. The van der Waals surface area contributed by atoms with E-state index in [0.717, 1.165) is 6.54 Å². The zero-order chi connectivity index (χ0) is 9.90. The number of hydrogen-bond donors (Lipinski definition) is 1. The van der Waals surface area contributed by atoms with E-state index in [1.807, 2.05) is 6.08 Å². The number of nitrogens with zero attached hydrogens (tertiary/aromatic N) is 2. The molecule has 0 aliphatic heterocycles. The average molecular weight is 181 g/mol. The Morgan fingerprint density at radius 2 is 2.31 bits per heavy atom. The first kappa shape index (κ1) is 9.77. The lowest BCUT2D eigenvalue weighted by molar-refractivity contribution is 0.416. The fourth-order valence-electron chi connectivity index (χ4n) is 0.744. The van der Waals surface area contributed by atoms with Gasteiger partial charge in [0.15, 0.2) is 5.82 Å². The van der Waals surface area contributed by atoms with E-state index in [-0.39, 0.29) is 5.41 Å². The Morgan fingerprint density at radius 1 is 1.62 bits per heavy atom. The van der Waals surface area contributed by atoms with E-state index in [1.54, 1.807) is 6.92 Å². The standard InChI is InChI=1S/C9H15N3O/c1-5-9(3,4)6-10-8-11-7(2)12-13-8/h5H,1,6H2,2-4H3,(H,10,11,12). The Kier molecular flexibility index (Phi) is 2.70. The minimum atomic E-state index is 0.0301. The first-order chi connectivity index (χ1) is 6.03. The predicted molar refractivity (Wildman–Crippen MR) is 51.5 cm³/mol. The van der Waals surface area contributed by atoms with Gasteiger partial charge < -0.3 is 9.84 Å². The van der Waals surface area contributed by atoms with Crippen LogP contribution in [0, 0.1) is 12.3 Å². The summed E-state index contributed by atoms with van der Waals surface area (Å²) >= 11 is 0. The molecule has 72 valence electrons. The van der Waals surface area contributed by atoms with Gasteiger partial charge in [0.25, 0.3) is 0 Å². The van der Waals surface area contributed by atoms with Gasteiger partial charge in [0.05, 0.1) is 0 Å². The van der Waals surface area contributed by atoms with Gasteiger partial charge in [0, 0.05) is 6.54 Å². The van der Waals surface area contributed by atoms with Crippen molar-refractivity contribution in [3.8, 4) is 0 Å². The summed E-state index contributed by atoms with van der Waals surface area (Å²) in [5.74, 6) is 0.638. The third kappa shape index (κ3) is 2.89. The van der Waals surface area contributed by atoms with Gasteiger partial charge in [0.1, 0.15) is 0 Å². The van der Waals surface area contributed by atoms with Crippen molar-refractivity contribution in [2.24, 2.45) is 5.41 Å².